The number of nitrogens with one attached hydrogen (secondary N) is 1. The molecule has 0 bridgehead atoms. The van der Waals surface area contributed by atoms with Gasteiger partial charge in [0.1, 0.15) is 11.6 Å². The number of halogens is 2. The van der Waals surface area contributed by atoms with Gasteiger partial charge in [0.05, 0.1) is 6.10 Å². The second-order valence-corrected chi connectivity index (χ2v) is 5.68. The van der Waals surface area contributed by atoms with Gasteiger partial charge >= 0.3 is 0 Å². The summed E-state index contributed by atoms with van der Waals surface area (Å²) < 4.78 is 27.6. The Hall–Kier alpha value is -1.98. The van der Waals surface area contributed by atoms with Gasteiger partial charge in [0.25, 0.3) is 0 Å². The molecule has 0 spiro atoms. The van der Waals surface area contributed by atoms with Crippen molar-refractivity contribution in [2.45, 2.75) is 6.10 Å². The molecule has 1 unspecified atom stereocenters. The molecule has 1 aromatic heterocycles. The van der Waals surface area contributed by atoms with Gasteiger partial charge < -0.3 is 10.4 Å². The number of aliphatic hydroxyl groups is 1. The van der Waals surface area contributed by atoms with E-state index in [9.17, 15) is 13.9 Å². The van der Waals surface area contributed by atoms with Gasteiger partial charge in [-0.15, -0.1) is 11.3 Å². The molecule has 21 heavy (non-hydrogen) atoms. The maximum absolute atomic E-state index is 13.6. The molecule has 0 amide bonds. The van der Waals surface area contributed by atoms with Crippen LogP contribution in [0.1, 0.15) is 11.7 Å². The van der Waals surface area contributed by atoms with E-state index in [1.165, 1.54) is 10.8 Å². The number of anilines is 1. The number of aliphatic hydroxyl groups excluding tert-OH is 1. The number of fused-ring (bicyclic) bond motifs is 1. The Morgan fingerprint density at radius 3 is 2.76 bits per heavy atom. The van der Waals surface area contributed by atoms with Crippen molar-refractivity contribution >= 4 is 27.1 Å². The first kappa shape index (κ1) is 14.0. The second-order valence-electron chi connectivity index (χ2n) is 4.74. The lowest BCUT2D eigenvalue weighted by molar-refractivity contribution is 0.186. The SMILES string of the molecule is OC(CNc1ccc2sccc2c1)c1ccc(F)cc1F. The number of hydrogen-bond acceptors (Lipinski definition) is 3. The van der Waals surface area contributed by atoms with Crippen LogP contribution in [0.5, 0.6) is 0 Å². The highest BCUT2D eigenvalue weighted by atomic mass is 32.1. The van der Waals surface area contributed by atoms with E-state index in [0.717, 1.165) is 23.2 Å². The van der Waals surface area contributed by atoms with Gasteiger partial charge in [-0.3, -0.25) is 0 Å². The average molecular weight is 305 g/mol. The van der Waals surface area contributed by atoms with Gasteiger partial charge in [-0.1, -0.05) is 6.07 Å². The fraction of sp³-hybridized carbons (Fsp3) is 0.125. The molecule has 2 aromatic carbocycles. The monoisotopic (exact) mass is 305 g/mol. The maximum atomic E-state index is 13.6. The molecule has 2 nitrogen and oxygen atoms in total. The minimum atomic E-state index is -1.04. The number of thiophene rings is 1. The summed E-state index contributed by atoms with van der Waals surface area (Å²) in [6.07, 6.45) is -1.04. The van der Waals surface area contributed by atoms with E-state index in [0.29, 0.717) is 0 Å². The van der Waals surface area contributed by atoms with Crippen molar-refractivity contribution in [3.63, 3.8) is 0 Å². The lowest BCUT2D eigenvalue weighted by Crippen LogP contribution is -2.13. The topological polar surface area (TPSA) is 32.3 Å². The molecule has 0 fully saturated rings. The zero-order valence-corrected chi connectivity index (χ0v) is 11.8. The molecule has 5 heteroatoms. The summed E-state index contributed by atoms with van der Waals surface area (Å²) in [5.41, 5.74) is 0.933. The molecule has 0 aliphatic carbocycles. The van der Waals surface area contributed by atoms with Crippen LogP contribution in [0.4, 0.5) is 14.5 Å². The average Bonchev–Trinajstić information content (AvgIpc) is 2.92. The van der Waals surface area contributed by atoms with Crippen LogP contribution in [0, 0.1) is 11.6 Å². The smallest absolute Gasteiger partial charge is 0.131 e. The maximum Gasteiger partial charge on any atom is 0.131 e. The third kappa shape index (κ3) is 3.04. The number of rotatable bonds is 4. The van der Waals surface area contributed by atoms with Crippen LogP contribution in [0.2, 0.25) is 0 Å². The van der Waals surface area contributed by atoms with Crippen LogP contribution >= 0.6 is 11.3 Å². The van der Waals surface area contributed by atoms with Crippen molar-refractivity contribution in [2.24, 2.45) is 0 Å². The van der Waals surface area contributed by atoms with Crippen molar-refractivity contribution in [3.05, 3.63) is 65.0 Å². The molecule has 0 saturated heterocycles. The minimum Gasteiger partial charge on any atom is -0.386 e. The Morgan fingerprint density at radius 1 is 1.10 bits per heavy atom. The Bertz CT molecular complexity index is 772. The van der Waals surface area contributed by atoms with E-state index >= 15 is 0 Å². The van der Waals surface area contributed by atoms with E-state index in [-0.39, 0.29) is 12.1 Å². The molecule has 2 N–H and O–H groups in total. The summed E-state index contributed by atoms with van der Waals surface area (Å²) in [6.45, 7) is 0.151. The van der Waals surface area contributed by atoms with Crippen molar-refractivity contribution in [3.8, 4) is 0 Å². The van der Waals surface area contributed by atoms with E-state index in [1.807, 2.05) is 29.6 Å². The van der Waals surface area contributed by atoms with Crippen LogP contribution in [0.15, 0.2) is 47.8 Å². The Morgan fingerprint density at radius 2 is 1.95 bits per heavy atom. The zero-order valence-electron chi connectivity index (χ0n) is 11.0. The molecule has 0 saturated carbocycles. The third-order valence-corrected chi connectivity index (χ3v) is 4.17. The number of hydrogen-bond donors (Lipinski definition) is 2. The second kappa shape index (κ2) is 5.79. The summed E-state index contributed by atoms with van der Waals surface area (Å²) in [4.78, 5) is 0. The molecular formula is C16H13F2NOS. The van der Waals surface area contributed by atoms with E-state index < -0.39 is 17.7 Å². The van der Waals surface area contributed by atoms with Gasteiger partial charge in [0, 0.05) is 28.6 Å². The molecular weight excluding hydrogens is 292 g/mol. The van der Waals surface area contributed by atoms with Gasteiger partial charge in [-0.2, -0.15) is 0 Å². The van der Waals surface area contributed by atoms with Crippen molar-refractivity contribution in [1.29, 1.82) is 0 Å². The first-order chi connectivity index (χ1) is 10.1. The molecule has 3 aromatic rings. The lowest BCUT2D eigenvalue weighted by Gasteiger charge is -2.14. The first-order valence-electron chi connectivity index (χ1n) is 6.47. The van der Waals surface area contributed by atoms with E-state index in [4.69, 9.17) is 0 Å². The largest absolute Gasteiger partial charge is 0.386 e. The Balaban J connectivity index is 1.71. The summed E-state index contributed by atoms with van der Waals surface area (Å²) in [7, 11) is 0. The van der Waals surface area contributed by atoms with Crippen molar-refractivity contribution < 1.29 is 13.9 Å². The highest BCUT2D eigenvalue weighted by Gasteiger charge is 2.13. The molecule has 3 rings (SSSR count). The normalized spacial score (nSPS) is 12.5. The Labute approximate surface area is 124 Å². The fourth-order valence-corrected chi connectivity index (χ4v) is 2.94. The first-order valence-corrected chi connectivity index (χ1v) is 7.35. The van der Waals surface area contributed by atoms with Crippen molar-refractivity contribution in [2.75, 3.05) is 11.9 Å². The van der Waals surface area contributed by atoms with E-state index in [2.05, 4.69) is 5.32 Å². The molecule has 108 valence electrons. The van der Waals surface area contributed by atoms with Gasteiger partial charge in [-0.05, 0) is 41.1 Å². The standard InChI is InChI=1S/C16H13F2NOS/c17-11-1-3-13(14(18)8-11)15(20)9-19-12-2-4-16-10(7-12)5-6-21-16/h1-8,15,19-20H,9H2. The summed E-state index contributed by atoms with van der Waals surface area (Å²) in [5.74, 6) is -1.39. The third-order valence-electron chi connectivity index (χ3n) is 3.27. The van der Waals surface area contributed by atoms with E-state index in [1.54, 1.807) is 11.3 Å². The Kier molecular flexibility index (Phi) is 3.86. The van der Waals surface area contributed by atoms with Gasteiger partial charge in [0.2, 0.25) is 0 Å². The van der Waals surface area contributed by atoms with Crippen LogP contribution < -0.4 is 5.32 Å². The summed E-state index contributed by atoms with van der Waals surface area (Å²) >= 11 is 1.66. The molecule has 1 atom stereocenters. The van der Waals surface area contributed by atoms with Crippen LogP contribution in [-0.2, 0) is 0 Å². The van der Waals surface area contributed by atoms with Crippen LogP contribution in [0.25, 0.3) is 10.1 Å². The number of benzene rings is 2. The highest BCUT2D eigenvalue weighted by molar-refractivity contribution is 7.17. The predicted octanol–water partition coefficient (Wildman–Crippen LogP) is 4.33. The summed E-state index contributed by atoms with van der Waals surface area (Å²) in [5, 5.41) is 16.2. The van der Waals surface area contributed by atoms with Crippen molar-refractivity contribution in [1.82, 2.24) is 0 Å². The molecule has 0 radical (unpaired) electrons. The van der Waals surface area contributed by atoms with Crippen LogP contribution in [0.3, 0.4) is 0 Å². The minimum absolute atomic E-state index is 0.0838. The summed E-state index contributed by atoms with van der Waals surface area (Å²) in [6, 6.07) is 11.1. The molecule has 1 heterocycles. The van der Waals surface area contributed by atoms with Gasteiger partial charge in [0.15, 0.2) is 0 Å². The van der Waals surface area contributed by atoms with Gasteiger partial charge in [-0.25, -0.2) is 8.78 Å². The quantitative estimate of drug-likeness (QED) is 0.752. The highest BCUT2D eigenvalue weighted by Crippen LogP contribution is 2.25. The fourth-order valence-electron chi connectivity index (χ4n) is 2.17. The molecule has 0 aliphatic heterocycles. The molecule has 0 aliphatic rings. The van der Waals surface area contributed by atoms with Crippen LogP contribution in [-0.4, -0.2) is 11.7 Å². The lowest BCUT2D eigenvalue weighted by atomic mass is 10.1. The zero-order chi connectivity index (χ0) is 14.8. The predicted molar refractivity (Wildman–Crippen MR) is 81.6 cm³/mol.